The van der Waals surface area contributed by atoms with Gasteiger partial charge in [0.25, 0.3) is 11.6 Å². The molecular weight excluding hydrogens is 416 g/mol. The van der Waals surface area contributed by atoms with E-state index < -0.39 is 16.4 Å². The van der Waals surface area contributed by atoms with Crippen LogP contribution in [0.2, 0.25) is 0 Å². The fraction of sp³-hybridized carbons (Fsp3) is 0.148. The Morgan fingerprint density at radius 1 is 0.970 bits per heavy atom. The van der Waals surface area contributed by atoms with Gasteiger partial charge in [-0.1, -0.05) is 68.4 Å². The van der Waals surface area contributed by atoms with Crippen molar-refractivity contribution in [1.29, 1.82) is 0 Å². The standard InChI is InChI=1S/C27H22N2O4/c1-27(2)21-12-5-6-13-22(21)28(26(31)18-9-7-10-19(16-18)29(32)33)25(27)24-20-11-4-3-8-17(20)14-15-23(24)30/h3-16,25,30H,1-2H3. The molecule has 0 aromatic heterocycles. The number of phenolic OH excluding ortho intramolecular Hbond substituents is 1. The molecule has 0 fully saturated rings. The molecule has 0 bridgehead atoms. The molecule has 0 aliphatic carbocycles. The summed E-state index contributed by atoms with van der Waals surface area (Å²) >= 11 is 0. The van der Waals surface area contributed by atoms with Crippen molar-refractivity contribution in [3.63, 3.8) is 0 Å². The first kappa shape index (κ1) is 20.7. The smallest absolute Gasteiger partial charge is 0.270 e. The summed E-state index contributed by atoms with van der Waals surface area (Å²) in [6.45, 7) is 4.11. The number of fused-ring (bicyclic) bond motifs is 2. The molecule has 33 heavy (non-hydrogen) atoms. The van der Waals surface area contributed by atoms with Crippen LogP contribution in [0.4, 0.5) is 11.4 Å². The minimum atomic E-state index is -0.533. The Labute approximate surface area is 190 Å². The van der Waals surface area contributed by atoms with Crippen molar-refractivity contribution in [3.05, 3.63) is 112 Å². The number of amides is 1. The van der Waals surface area contributed by atoms with Crippen LogP contribution in [0.1, 0.15) is 41.4 Å². The zero-order valence-corrected chi connectivity index (χ0v) is 18.2. The summed E-state index contributed by atoms with van der Waals surface area (Å²) in [6.07, 6.45) is 0. The van der Waals surface area contributed by atoms with Crippen LogP contribution in [-0.4, -0.2) is 15.9 Å². The van der Waals surface area contributed by atoms with E-state index in [0.717, 1.165) is 22.0 Å². The third-order valence-corrected chi connectivity index (χ3v) is 6.54. The van der Waals surface area contributed by atoms with Crippen LogP contribution >= 0.6 is 0 Å². The molecule has 0 saturated carbocycles. The fourth-order valence-corrected chi connectivity index (χ4v) is 5.02. The van der Waals surface area contributed by atoms with Crippen molar-refractivity contribution in [1.82, 2.24) is 0 Å². The number of nitro groups is 1. The molecule has 5 rings (SSSR count). The van der Waals surface area contributed by atoms with Gasteiger partial charge in [-0.25, -0.2) is 0 Å². The third-order valence-electron chi connectivity index (χ3n) is 6.54. The van der Waals surface area contributed by atoms with E-state index in [2.05, 4.69) is 13.8 Å². The van der Waals surface area contributed by atoms with Crippen molar-refractivity contribution in [2.24, 2.45) is 0 Å². The molecular formula is C27H22N2O4. The monoisotopic (exact) mass is 438 g/mol. The molecule has 6 heteroatoms. The van der Waals surface area contributed by atoms with E-state index in [1.807, 2.05) is 54.6 Å². The summed E-state index contributed by atoms with van der Waals surface area (Å²) in [5.74, 6) is -0.245. The van der Waals surface area contributed by atoms with Gasteiger partial charge in [-0.3, -0.25) is 19.8 Å². The molecule has 164 valence electrons. The van der Waals surface area contributed by atoms with Gasteiger partial charge in [0.15, 0.2) is 0 Å². The lowest BCUT2D eigenvalue weighted by atomic mass is 9.76. The maximum atomic E-state index is 13.9. The number of benzene rings is 4. The second-order valence-electron chi connectivity index (χ2n) is 8.84. The van der Waals surface area contributed by atoms with Gasteiger partial charge in [-0.2, -0.15) is 0 Å². The average molecular weight is 438 g/mol. The Morgan fingerprint density at radius 3 is 2.48 bits per heavy atom. The van der Waals surface area contributed by atoms with Gasteiger partial charge in [0.05, 0.1) is 11.0 Å². The van der Waals surface area contributed by atoms with Gasteiger partial charge >= 0.3 is 0 Å². The lowest BCUT2D eigenvalue weighted by molar-refractivity contribution is -0.384. The first-order valence-corrected chi connectivity index (χ1v) is 10.7. The summed E-state index contributed by atoms with van der Waals surface area (Å²) in [7, 11) is 0. The second-order valence-corrected chi connectivity index (χ2v) is 8.84. The summed E-state index contributed by atoms with van der Waals surface area (Å²) in [4.78, 5) is 26.4. The predicted molar refractivity (Wildman–Crippen MR) is 128 cm³/mol. The topological polar surface area (TPSA) is 83.7 Å². The van der Waals surface area contributed by atoms with E-state index in [9.17, 15) is 20.0 Å². The first-order valence-electron chi connectivity index (χ1n) is 10.7. The second kappa shape index (κ2) is 7.45. The van der Waals surface area contributed by atoms with Crippen LogP contribution in [-0.2, 0) is 5.41 Å². The number of phenols is 1. The number of carbonyl (C=O) groups is 1. The third kappa shape index (κ3) is 3.14. The molecule has 1 atom stereocenters. The van der Waals surface area contributed by atoms with Crippen LogP contribution in [0, 0.1) is 10.1 Å². The van der Waals surface area contributed by atoms with Gasteiger partial charge in [0.1, 0.15) is 5.75 Å². The lowest BCUT2D eigenvalue weighted by Gasteiger charge is -2.35. The number of para-hydroxylation sites is 1. The van der Waals surface area contributed by atoms with E-state index >= 15 is 0 Å². The van der Waals surface area contributed by atoms with Gasteiger partial charge in [0, 0.05) is 34.4 Å². The van der Waals surface area contributed by atoms with Gasteiger partial charge in [0.2, 0.25) is 0 Å². The number of hydrogen-bond donors (Lipinski definition) is 1. The number of nitro benzene ring substituents is 1. The number of hydrogen-bond acceptors (Lipinski definition) is 4. The molecule has 0 spiro atoms. The quantitative estimate of drug-likeness (QED) is 0.308. The van der Waals surface area contributed by atoms with Crippen LogP contribution in [0.15, 0.2) is 84.9 Å². The Kier molecular flexibility index (Phi) is 4.67. The molecule has 1 aliphatic rings. The van der Waals surface area contributed by atoms with Crippen LogP contribution < -0.4 is 4.90 Å². The minimum Gasteiger partial charge on any atom is -0.508 e. The normalized spacial score (nSPS) is 16.5. The molecule has 1 heterocycles. The number of nitrogens with zero attached hydrogens (tertiary/aromatic N) is 2. The zero-order chi connectivity index (χ0) is 23.3. The molecule has 1 aliphatic heterocycles. The van der Waals surface area contributed by atoms with E-state index in [0.29, 0.717) is 5.56 Å². The van der Waals surface area contributed by atoms with E-state index in [-0.39, 0.29) is 22.9 Å². The minimum absolute atomic E-state index is 0.108. The number of aromatic hydroxyl groups is 1. The molecule has 4 aromatic rings. The van der Waals surface area contributed by atoms with Gasteiger partial charge < -0.3 is 5.11 Å². The van der Waals surface area contributed by atoms with Crippen molar-refractivity contribution < 1.29 is 14.8 Å². The van der Waals surface area contributed by atoms with Crippen LogP contribution in [0.25, 0.3) is 10.8 Å². The van der Waals surface area contributed by atoms with Gasteiger partial charge in [-0.15, -0.1) is 0 Å². The molecule has 1 unspecified atom stereocenters. The number of non-ortho nitro benzene ring substituents is 1. The Hall–Kier alpha value is -4.19. The highest BCUT2D eigenvalue weighted by atomic mass is 16.6. The predicted octanol–water partition coefficient (Wildman–Crippen LogP) is 6.13. The van der Waals surface area contributed by atoms with Crippen molar-refractivity contribution in [2.75, 3.05) is 4.90 Å². The maximum Gasteiger partial charge on any atom is 0.270 e. The summed E-state index contributed by atoms with van der Waals surface area (Å²) in [5.41, 5.74) is 1.92. The molecule has 0 saturated heterocycles. The number of anilines is 1. The SMILES string of the molecule is CC1(C)c2ccccc2N(C(=O)c2cccc([N+](=O)[O-])c2)C1c1c(O)ccc2ccccc12. The largest absolute Gasteiger partial charge is 0.508 e. The summed E-state index contributed by atoms with van der Waals surface area (Å²) in [6, 6.07) is 24.2. The molecule has 4 aromatic carbocycles. The summed E-state index contributed by atoms with van der Waals surface area (Å²) in [5, 5.41) is 24.2. The Morgan fingerprint density at radius 2 is 1.70 bits per heavy atom. The maximum absolute atomic E-state index is 13.9. The molecule has 0 radical (unpaired) electrons. The van der Waals surface area contributed by atoms with Gasteiger partial charge in [-0.05, 0) is 34.5 Å². The Balaban J connectivity index is 1.77. The molecule has 1 amide bonds. The van der Waals surface area contributed by atoms with Crippen LogP contribution in [0.3, 0.4) is 0 Å². The van der Waals surface area contributed by atoms with E-state index in [1.54, 1.807) is 17.0 Å². The lowest BCUT2D eigenvalue weighted by Crippen LogP contribution is -2.38. The fourth-order valence-electron chi connectivity index (χ4n) is 5.02. The Bertz CT molecular complexity index is 1430. The van der Waals surface area contributed by atoms with Crippen LogP contribution in [0.5, 0.6) is 5.75 Å². The van der Waals surface area contributed by atoms with Crippen molar-refractivity contribution >= 4 is 28.1 Å². The average Bonchev–Trinajstić information content (AvgIpc) is 3.05. The highest BCUT2D eigenvalue weighted by Crippen LogP contribution is 2.55. The van der Waals surface area contributed by atoms with E-state index in [1.165, 1.54) is 18.2 Å². The highest BCUT2D eigenvalue weighted by molar-refractivity contribution is 6.09. The van der Waals surface area contributed by atoms with Crippen molar-refractivity contribution in [2.45, 2.75) is 25.3 Å². The number of carbonyl (C=O) groups excluding carboxylic acids is 1. The first-order chi connectivity index (χ1) is 15.8. The number of rotatable bonds is 3. The van der Waals surface area contributed by atoms with Crippen molar-refractivity contribution in [3.8, 4) is 5.75 Å². The molecule has 1 N–H and O–H groups in total. The molecule has 6 nitrogen and oxygen atoms in total. The van der Waals surface area contributed by atoms with E-state index in [4.69, 9.17) is 0 Å². The highest BCUT2D eigenvalue weighted by Gasteiger charge is 2.49. The zero-order valence-electron chi connectivity index (χ0n) is 18.2. The summed E-state index contributed by atoms with van der Waals surface area (Å²) < 4.78 is 0.